The molecule has 4 nitrogen and oxygen atoms in total. The Balaban J connectivity index is 1.51. The molecule has 0 unspecified atom stereocenters. The highest BCUT2D eigenvalue weighted by molar-refractivity contribution is 5.54. The SMILES string of the molecule is COc1ccc(CN2CCc3cnc(-c4ccccc4)nc3C2)cc1. The highest BCUT2D eigenvalue weighted by atomic mass is 16.5. The van der Waals surface area contributed by atoms with Gasteiger partial charge in [0.25, 0.3) is 0 Å². The van der Waals surface area contributed by atoms with E-state index in [1.54, 1.807) is 7.11 Å². The lowest BCUT2D eigenvalue weighted by Gasteiger charge is -2.28. The first-order chi connectivity index (χ1) is 12.3. The fourth-order valence-electron chi connectivity index (χ4n) is 3.21. The second-order valence-corrected chi connectivity index (χ2v) is 6.34. The van der Waals surface area contributed by atoms with Crippen molar-refractivity contribution in [2.24, 2.45) is 0 Å². The maximum absolute atomic E-state index is 5.23. The number of aromatic nitrogens is 2. The van der Waals surface area contributed by atoms with E-state index in [0.717, 1.165) is 48.9 Å². The summed E-state index contributed by atoms with van der Waals surface area (Å²) in [6.07, 6.45) is 3.00. The van der Waals surface area contributed by atoms with Crippen molar-refractivity contribution in [1.82, 2.24) is 14.9 Å². The van der Waals surface area contributed by atoms with Gasteiger partial charge in [-0.3, -0.25) is 4.90 Å². The molecule has 1 aliphatic heterocycles. The monoisotopic (exact) mass is 331 g/mol. The fourth-order valence-corrected chi connectivity index (χ4v) is 3.21. The number of ether oxygens (including phenoxy) is 1. The van der Waals surface area contributed by atoms with Gasteiger partial charge in [0, 0.05) is 31.4 Å². The molecule has 25 heavy (non-hydrogen) atoms. The lowest BCUT2D eigenvalue weighted by Crippen LogP contribution is -2.31. The first kappa shape index (κ1) is 15.8. The van der Waals surface area contributed by atoms with Crippen molar-refractivity contribution in [3.63, 3.8) is 0 Å². The summed E-state index contributed by atoms with van der Waals surface area (Å²) >= 11 is 0. The molecule has 0 aliphatic carbocycles. The molecule has 0 amide bonds. The van der Waals surface area contributed by atoms with E-state index < -0.39 is 0 Å². The molecule has 4 heteroatoms. The first-order valence-corrected chi connectivity index (χ1v) is 8.57. The van der Waals surface area contributed by atoms with Crippen LogP contribution in [0.3, 0.4) is 0 Å². The number of hydrogen-bond donors (Lipinski definition) is 0. The zero-order valence-corrected chi connectivity index (χ0v) is 14.4. The Labute approximate surface area is 148 Å². The molecule has 0 N–H and O–H groups in total. The van der Waals surface area contributed by atoms with E-state index in [2.05, 4.69) is 34.1 Å². The van der Waals surface area contributed by atoms with Crippen molar-refractivity contribution in [3.05, 3.63) is 77.6 Å². The molecule has 0 spiro atoms. The van der Waals surface area contributed by atoms with Gasteiger partial charge in [0.1, 0.15) is 5.75 Å². The number of rotatable bonds is 4. The molecule has 4 rings (SSSR count). The maximum Gasteiger partial charge on any atom is 0.159 e. The summed E-state index contributed by atoms with van der Waals surface area (Å²) in [5.74, 6) is 1.71. The van der Waals surface area contributed by atoms with Crippen molar-refractivity contribution in [2.45, 2.75) is 19.5 Å². The van der Waals surface area contributed by atoms with Gasteiger partial charge in [-0.2, -0.15) is 0 Å². The quantitative estimate of drug-likeness (QED) is 0.730. The Morgan fingerprint density at radius 3 is 2.60 bits per heavy atom. The second kappa shape index (κ2) is 7.03. The molecule has 0 saturated carbocycles. The molecule has 1 aromatic heterocycles. The molecule has 2 heterocycles. The normalized spacial score (nSPS) is 14.1. The van der Waals surface area contributed by atoms with Crippen LogP contribution in [0.2, 0.25) is 0 Å². The summed E-state index contributed by atoms with van der Waals surface area (Å²) < 4.78 is 5.23. The van der Waals surface area contributed by atoms with Crippen molar-refractivity contribution < 1.29 is 4.74 Å². The third kappa shape index (κ3) is 3.54. The summed E-state index contributed by atoms with van der Waals surface area (Å²) in [5, 5.41) is 0. The Hall–Kier alpha value is -2.72. The molecule has 1 aliphatic rings. The van der Waals surface area contributed by atoms with Crippen LogP contribution in [-0.4, -0.2) is 28.5 Å². The van der Waals surface area contributed by atoms with Gasteiger partial charge in [-0.15, -0.1) is 0 Å². The molecule has 2 aromatic carbocycles. The number of fused-ring (bicyclic) bond motifs is 1. The van der Waals surface area contributed by atoms with E-state index in [1.807, 2.05) is 36.5 Å². The van der Waals surface area contributed by atoms with Crippen molar-refractivity contribution in [2.75, 3.05) is 13.7 Å². The smallest absolute Gasteiger partial charge is 0.159 e. The maximum atomic E-state index is 5.23. The molecule has 0 saturated heterocycles. The van der Waals surface area contributed by atoms with Crippen molar-refractivity contribution in [1.29, 1.82) is 0 Å². The van der Waals surface area contributed by atoms with E-state index in [9.17, 15) is 0 Å². The Kier molecular flexibility index (Phi) is 4.44. The lowest BCUT2D eigenvalue weighted by atomic mass is 10.1. The number of nitrogens with zero attached hydrogens (tertiary/aromatic N) is 3. The van der Waals surface area contributed by atoms with Crippen LogP contribution in [0, 0.1) is 0 Å². The zero-order valence-electron chi connectivity index (χ0n) is 14.4. The predicted octanol–water partition coefficient (Wildman–Crippen LogP) is 3.71. The number of hydrogen-bond acceptors (Lipinski definition) is 4. The summed E-state index contributed by atoms with van der Waals surface area (Å²) in [6.45, 7) is 2.82. The van der Waals surface area contributed by atoms with Crippen LogP contribution >= 0.6 is 0 Å². The molecule has 126 valence electrons. The van der Waals surface area contributed by atoms with Gasteiger partial charge in [-0.1, -0.05) is 42.5 Å². The van der Waals surface area contributed by atoms with Gasteiger partial charge in [0.15, 0.2) is 5.82 Å². The van der Waals surface area contributed by atoms with Gasteiger partial charge in [0.2, 0.25) is 0 Å². The standard InChI is InChI=1S/C21H21N3O/c1-25-19-9-7-16(8-10-19)14-24-12-11-18-13-22-21(23-20(18)15-24)17-5-3-2-4-6-17/h2-10,13H,11-12,14-15H2,1H3. The topological polar surface area (TPSA) is 38.2 Å². The van der Waals surface area contributed by atoms with E-state index in [0.29, 0.717) is 0 Å². The van der Waals surface area contributed by atoms with E-state index in [1.165, 1.54) is 11.1 Å². The molecule has 0 atom stereocenters. The minimum absolute atomic E-state index is 0.811. The average molecular weight is 331 g/mol. The first-order valence-electron chi connectivity index (χ1n) is 8.57. The highest BCUT2D eigenvalue weighted by Gasteiger charge is 2.19. The molecule has 3 aromatic rings. The van der Waals surface area contributed by atoms with Crippen molar-refractivity contribution >= 4 is 0 Å². The zero-order chi connectivity index (χ0) is 17.1. The summed E-state index contributed by atoms with van der Waals surface area (Å²) in [7, 11) is 1.70. The van der Waals surface area contributed by atoms with Crippen LogP contribution in [0.15, 0.2) is 60.8 Å². The lowest BCUT2D eigenvalue weighted by molar-refractivity contribution is 0.241. The van der Waals surface area contributed by atoms with Crippen LogP contribution in [0.4, 0.5) is 0 Å². The number of methoxy groups -OCH3 is 1. The predicted molar refractivity (Wildman–Crippen MR) is 98.3 cm³/mol. The molecular formula is C21H21N3O. The van der Waals surface area contributed by atoms with E-state index in [4.69, 9.17) is 9.72 Å². The van der Waals surface area contributed by atoms with Gasteiger partial charge in [-0.05, 0) is 29.7 Å². The van der Waals surface area contributed by atoms with Crippen molar-refractivity contribution in [3.8, 4) is 17.1 Å². The molecule has 0 fully saturated rings. The van der Waals surface area contributed by atoms with Gasteiger partial charge in [-0.25, -0.2) is 9.97 Å². The highest BCUT2D eigenvalue weighted by Crippen LogP contribution is 2.22. The Morgan fingerprint density at radius 1 is 1.04 bits per heavy atom. The van der Waals surface area contributed by atoms with Crippen LogP contribution in [-0.2, 0) is 19.5 Å². The van der Waals surface area contributed by atoms with Gasteiger partial charge < -0.3 is 4.74 Å². The third-order valence-electron chi connectivity index (χ3n) is 4.62. The minimum Gasteiger partial charge on any atom is -0.497 e. The van der Waals surface area contributed by atoms with Crippen LogP contribution < -0.4 is 4.74 Å². The average Bonchev–Trinajstić information content (AvgIpc) is 2.69. The number of benzene rings is 2. The molecular weight excluding hydrogens is 310 g/mol. The molecule has 0 radical (unpaired) electrons. The van der Waals surface area contributed by atoms with E-state index >= 15 is 0 Å². The van der Waals surface area contributed by atoms with Crippen LogP contribution in [0.25, 0.3) is 11.4 Å². The minimum atomic E-state index is 0.811. The molecule has 0 bridgehead atoms. The fraction of sp³-hybridized carbons (Fsp3) is 0.238. The Bertz CT molecular complexity index is 847. The largest absolute Gasteiger partial charge is 0.497 e. The van der Waals surface area contributed by atoms with E-state index in [-0.39, 0.29) is 0 Å². The third-order valence-corrected chi connectivity index (χ3v) is 4.62. The van der Waals surface area contributed by atoms with Crippen LogP contribution in [0.1, 0.15) is 16.8 Å². The van der Waals surface area contributed by atoms with Gasteiger partial charge in [0.05, 0.1) is 12.8 Å². The van der Waals surface area contributed by atoms with Crippen LogP contribution in [0.5, 0.6) is 5.75 Å². The summed E-state index contributed by atoms with van der Waals surface area (Å²) in [4.78, 5) is 11.8. The summed E-state index contributed by atoms with van der Waals surface area (Å²) in [5.41, 5.74) is 4.78. The van der Waals surface area contributed by atoms with Gasteiger partial charge >= 0.3 is 0 Å². The second-order valence-electron chi connectivity index (χ2n) is 6.34. The summed E-state index contributed by atoms with van der Waals surface area (Å²) in [6, 6.07) is 18.5. The Morgan fingerprint density at radius 2 is 1.84 bits per heavy atom.